The summed E-state index contributed by atoms with van der Waals surface area (Å²) in [5.74, 6) is -1.01. The molecule has 0 fully saturated rings. The molecule has 0 heterocycles. The van der Waals surface area contributed by atoms with E-state index in [4.69, 9.17) is 10.8 Å². The van der Waals surface area contributed by atoms with E-state index < -0.39 is 12.0 Å². The van der Waals surface area contributed by atoms with Crippen molar-refractivity contribution in [2.75, 3.05) is 11.9 Å². The van der Waals surface area contributed by atoms with E-state index in [0.29, 0.717) is 24.2 Å². The van der Waals surface area contributed by atoms with Gasteiger partial charge in [0.15, 0.2) is 0 Å². The Morgan fingerprint density at radius 2 is 1.71 bits per heavy atom. The maximum Gasteiger partial charge on any atom is 0.316 e. The van der Waals surface area contributed by atoms with Gasteiger partial charge in [-0.1, -0.05) is 6.42 Å². The SMILES string of the molecule is NC(=O)Nc1ccc(C(=O)NCCCCCC(=O)O)cc1. The molecule has 0 bridgehead atoms. The first-order chi connectivity index (χ1) is 9.99. The summed E-state index contributed by atoms with van der Waals surface area (Å²) in [4.78, 5) is 32.8. The lowest BCUT2D eigenvalue weighted by Gasteiger charge is -2.06. The molecule has 5 N–H and O–H groups in total. The Balaban J connectivity index is 2.28. The van der Waals surface area contributed by atoms with Crippen molar-refractivity contribution in [3.8, 4) is 0 Å². The Morgan fingerprint density at radius 1 is 1.05 bits per heavy atom. The van der Waals surface area contributed by atoms with E-state index in [0.717, 1.165) is 12.8 Å². The third-order valence-electron chi connectivity index (χ3n) is 2.77. The molecule has 0 unspecified atom stereocenters. The van der Waals surface area contributed by atoms with Crippen LogP contribution in [0.15, 0.2) is 24.3 Å². The van der Waals surface area contributed by atoms with E-state index in [1.165, 1.54) is 0 Å². The summed E-state index contributed by atoms with van der Waals surface area (Å²) in [6.45, 7) is 0.500. The summed E-state index contributed by atoms with van der Waals surface area (Å²) in [5.41, 5.74) is 5.98. The average molecular weight is 293 g/mol. The van der Waals surface area contributed by atoms with Crippen LogP contribution in [-0.4, -0.2) is 29.6 Å². The van der Waals surface area contributed by atoms with Gasteiger partial charge in [-0.2, -0.15) is 0 Å². The number of carbonyl (C=O) groups excluding carboxylic acids is 2. The van der Waals surface area contributed by atoms with Gasteiger partial charge in [-0.15, -0.1) is 0 Å². The number of amides is 3. The first-order valence-corrected chi connectivity index (χ1v) is 6.65. The third kappa shape index (κ3) is 6.95. The molecule has 0 aliphatic heterocycles. The molecule has 0 saturated carbocycles. The predicted octanol–water partition coefficient (Wildman–Crippen LogP) is 1.55. The molecule has 0 spiro atoms. The second-order valence-corrected chi connectivity index (χ2v) is 4.53. The molecular weight excluding hydrogens is 274 g/mol. The molecule has 0 aromatic heterocycles. The van der Waals surface area contributed by atoms with Crippen molar-refractivity contribution in [3.05, 3.63) is 29.8 Å². The number of primary amides is 1. The van der Waals surface area contributed by atoms with Gasteiger partial charge in [-0.3, -0.25) is 9.59 Å². The molecule has 1 rings (SSSR count). The summed E-state index contributed by atoms with van der Waals surface area (Å²) in [5, 5.41) is 13.6. The molecule has 3 amide bonds. The van der Waals surface area contributed by atoms with Crippen LogP contribution in [0.2, 0.25) is 0 Å². The summed E-state index contributed by atoms with van der Waals surface area (Å²) in [6.07, 6.45) is 2.26. The number of unbranched alkanes of at least 4 members (excludes halogenated alkanes) is 2. The van der Waals surface area contributed by atoms with E-state index >= 15 is 0 Å². The van der Waals surface area contributed by atoms with E-state index in [1.807, 2.05) is 0 Å². The fourth-order valence-corrected chi connectivity index (χ4v) is 1.73. The molecule has 0 aliphatic rings. The van der Waals surface area contributed by atoms with Gasteiger partial charge < -0.3 is 21.5 Å². The van der Waals surface area contributed by atoms with Crippen molar-refractivity contribution in [2.24, 2.45) is 5.73 Å². The van der Waals surface area contributed by atoms with E-state index in [2.05, 4.69) is 10.6 Å². The Hall–Kier alpha value is -2.57. The number of carboxylic acid groups (broad SMARTS) is 1. The number of carboxylic acids is 1. The zero-order valence-electron chi connectivity index (χ0n) is 11.6. The van der Waals surface area contributed by atoms with Crippen LogP contribution >= 0.6 is 0 Å². The molecule has 1 aromatic rings. The summed E-state index contributed by atoms with van der Waals surface area (Å²) in [7, 11) is 0. The van der Waals surface area contributed by atoms with Gasteiger partial charge >= 0.3 is 12.0 Å². The van der Waals surface area contributed by atoms with Gasteiger partial charge in [-0.25, -0.2) is 4.79 Å². The number of carbonyl (C=O) groups is 3. The first kappa shape index (κ1) is 16.5. The second kappa shape index (κ2) is 8.57. The lowest BCUT2D eigenvalue weighted by Crippen LogP contribution is -2.24. The number of benzene rings is 1. The predicted molar refractivity (Wildman–Crippen MR) is 78.1 cm³/mol. The van der Waals surface area contributed by atoms with Crippen molar-refractivity contribution < 1.29 is 19.5 Å². The van der Waals surface area contributed by atoms with Gasteiger partial charge in [0, 0.05) is 24.2 Å². The molecule has 0 saturated heterocycles. The van der Waals surface area contributed by atoms with Crippen molar-refractivity contribution in [1.82, 2.24) is 5.32 Å². The largest absolute Gasteiger partial charge is 0.481 e. The fourth-order valence-electron chi connectivity index (χ4n) is 1.73. The van der Waals surface area contributed by atoms with Crippen LogP contribution in [0.5, 0.6) is 0 Å². The van der Waals surface area contributed by atoms with Crippen LogP contribution in [0.25, 0.3) is 0 Å². The van der Waals surface area contributed by atoms with Crippen LogP contribution < -0.4 is 16.4 Å². The monoisotopic (exact) mass is 293 g/mol. The topological polar surface area (TPSA) is 122 Å². The smallest absolute Gasteiger partial charge is 0.316 e. The van der Waals surface area contributed by atoms with Crippen molar-refractivity contribution in [3.63, 3.8) is 0 Å². The second-order valence-electron chi connectivity index (χ2n) is 4.53. The molecule has 114 valence electrons. The first-order valence-electron chi connectivity index (χ1n) is 6.65. The van der Waals surface area contributed by atoms with Crippen molar-refractivity contribution >= 4 is 23.6 Å². The van der Waals surface area contributed by atoms with Gasteiger partial charge in [0.2, 0.25) is 0 Å². The maximum atomic E-state index is 11.8. The Bertz CT molecular complexity index is 499. The normalized spacial score (nSPS) is 9.90. The number of anilines is 1. The maximum absolute atomic E-state index is 11.8. The van der Waals surface area contributed by atoms with Crippen LogP contribution in [0, 0.1) is 0 Å². The van der Waals surface area contributed by atoms with Crippen molar-refractivity contribution in [2.45, 2.75) is 25.7 Å². The lowest BCUT2D eigenvalue weighted by molar-refractivity contribution is -0.137. The Morgan fingerprint density at radius 3 is 2.29 bits per heavy atom. The Kier molecular flexibility index (Phi) is 6.73. The summed E-state index contributed by atoms with van der Waals surface area (Å²) < 4.78 is 0. The highest BCUT2D eigenvalue weighted by Crippen LogP contribution is 2.09. The minimum absolute atomic E-state index is 0.155. The minimum atomic E-state index is -0.802. The molecule has 1 aromatic carbocycles. The van der Waals surface area contributed by atoms with Crippen LogP contribution in [0.4, 0.5) is 10.5 Å². The number of rotatable bonds is 8. The van der Waals surface area contributed by atoms with E-state index in [-0.39, 0.29) is 12.3 Å². The molecule has 0 radical (unpaired) electrons. The summed E-state index contributed by atoms with van der Waals surface area (Å²) >= 11 is 0. The highest BCUT2D eigenvalue weighted by molar-refractivity contribution is 5.95. The summed E-state index contributed by atoms with van der Waals surface area (Å²) in [6, 6.07) is 5.70. The fraction of sp³-hybridized carbons (Fsp3) is 0.357. The van der Waals surface area contributed by atoms with Crippen LogP contribution in [0.1, 0.15) is 36.0 Å². The number of nitrogens with one attached hydrogen (secondary N) is 2. The quantitative estimate of drug-likeness (QED) is 0.543. The van der Waals surface area contributed by atoms with E-state index in [9.17, 15) is 14.4 Å². The van der Waals surface area contributed by atoms with Crippen LogP contribution in [0.3, 0.4) is 0 Å². The van der Waals surface area contributed by atoms with E-state index in [1.54, 1.807) is 24.3 Å². The zero-order chi connectivity index (χ0) is 15.7. The molecule has 0 atom stereocenters. The van der Waals surface area contributed by atoms with Gasteiger partial charge in [-0.05, 0) is 37.1 Å². The highest BCUT2D eigenvalue weighted by Gasteiger charge is 2.05. The number of urea groups is 1. The third-order valence-corrected chi connectivity index (χ3v) is 2.77. The molecule has 0 aliphatic carbocycles. The Labute approximate surface area is 122 Å². The highest BCUT2D eigenvalue weighted by atomic mass is 16.4. The van der Waals surface area contributed by atoms with Gasteiger partial charge in [0.05, 0.1) is 0 Å². The molecule has 7 nitrogen and oxygen atoms in total. The number of hydrogen-bond donors (Lipinski definition) is 4. The number of nitrogens with two attached hydrogens (primary N) is 1. The number of aliphatic carboxylic acids is 1. The number of hydrogen-bond acceptors (Lipinski definition) is 3. The zero-order valence-corrected chi connectivity index (χ0v) is 11.6. The standard InChI is InChI=1S/C14H19N3O4/c15-14(21)17-11-7-5-10(6-8-11)13(20)16-9-3-1-2-4-12(18)19/h5-8H,1-4,9H2,(H,16,20)(H,18,19)(H3,15,17,21). The molecule has 7 heteroatoms. The van der Waals surface area contributed by atoms with Gasteiger partial charge in [0.25, 0.3) is 5.91 Å². The minimum Gasteiger partial charge on any atom is -0.481 e. The van der Waals surface area contributed by atoms with Crippen LogP contribution in [-0.2, 0) is 4.79 Å². The lowest BCUT2D eigenvalue weighted by atomic mass is 10.1. The van der Waals surface area contributed by atoms with Crippen molar-refractivity contribution in [1.29, 1.82) is 0 Å². The molecule has 21 heavy (non-hydrogen) atoms. The average Bonchev–Trinajstić information content (AvgIpc) is 2.42. The molecular formula is C14H19N3O4. The van der Waals surface area contributed by atoms with Gasteiger partial charge in [0.1, 0.15) is 0 Å².